The number of nitro groups is 1. The molecule has 1 amide bonds. The highest BCUT2D eigenvalue weighted by atomic mass is 19.4. The topological polar surface area (TPSA) is 104 Å². The summed E-state index contributed by atoms with van der Waals surface area (Å²) in [5.41, 5.74) is -0.206. The summed E-state index contributed by atoms with van der Waals surface area (Å²) in [6.45, 7) is 0.636. The first-order chi connectivity index (χ1) is 14.7. The zero-order chi connectivity index (χ0) is 22.2. The first-order valence-corrected chi connectivity index (χ1v) is 9.57. The van der Waals surface area contributed by atoms with Gasteiger partial charge in [0, 0.05) is 30.5 Å². The highest BCUT2D eigenvalue weighted by molar-refractivity contribution is 6.01. The molecular weight excluding hydrogens is 415 g/mol. The van der Waals surface area contributed by atoms with Crippen LogP contribution in [-0.4, -0.2) is 34.1 Å². The van der Waals surface area contributed by atoms with E-state index in [9.17, 15) is 28.1 Å². The zero-order valence-electron chi connectivity index (χ0n) is 16.1. The van der Waals surface area contributed by atoms with Gasteiger partial charge in [-0.05, 0) is 31.0 Å². The maximum absolute atomic E-state index is 12.9. The Balaban J connectivity index is 1.45. The lowest BCUT2D eigenvalue weighted by atomic mass is 9.95. The second-order valence-corrected chi connectivity index (χ2v) is 7.35. The first kappa shape index (κ1) is 20.6. The van der Waals surface area contributed by atoms with Crippen LogP contribution < -0.4 is 10.2 Å². The van der Waals surface area contributed by atoms with Gasteiger partial charge in [-0.2, -0.15) is 18.3 Å². The molecule has 0 aliphatic carbocycles. The number of aromatic amines is 1. The van der Waals surface area contributed by atoms with E-state index in [1.165, 1.54) is 0 Å². The zero-order valence-corrected chi connectivity index (χ0v) is 16.1. The summed E-state index contributed by atoms with van der Waals surface area (Å²) in [6, 6.07) is 7.95. The number of nitro benzene ring substituents is 1. The minimum atomic E-state index is -4.66. The Kier molecular flexibility index (Phi) is 5.25. The Labute approximate surface area is 174 Å². The number of fused-ring (bicyclic) bond motifs is 1. The Morgan fingerprint density at radius 3 is 2.65 bits per heavy atom. The number of carbonyl (C=O) groups excluding carboxylic acids is 1. The fourth-order valence-corrected chi connectivity index (χ4v) is 3.80. The third kappa shape index (κ3) is 4.16. The van der Waals surface area contributed by atoms with Crippen molar-refractivity contribution >= 4 is 33.9 Å². The van der Waals surface area contributed by atoms with Gasteiger partial charge in [0.2, 0.25) is 5.91 Å². The van der Waals surface area contributed by atoms with Crippen molar-refractivity contribution in [3.8, 4) is 0 Å². The SMILES string of the molecule is O=C(Nc1cccc2cn[nH]c12)C1CCN(c2ccc(C(F)(F)F)cc2[N+](=O)[O-])CC1. The van der Waals surface area contributed by atoms with Gasteiger partial charge < -0.3 is 10.2 Å². The molecule has 0 spiro atoms. The highest BCUT2D eigenvalue weighted by Crippen LogP contribution is 2.37. The third-order valence-corrected chi connectivity index (χ3v) is 5.44. The molecule has 2 N–H and O–H groups in total. The molecule has 162 valence electrons. The maximum atomic E-state index is 12.9. The molecule has 3 aromatic rings. The van der Waals surface area contributed by atoms with E-state index in [2.05, 4.69) is 15.5 Å². The summed E-state index contributed by atoms with van der Waals surface area (Å²) >= 11 is 0. The number of hydrogen-bond acceptors (Lipinski definition) is 5. The lowest BCUT2D eigenvalue weighted by Gasteiger charge is -2.32. The molecule has 0 atom stereocenters. The number of rotatable bonds is 4. The van der Waals surface area contributed by atoms with Gasteiger partial charge >= 0.3 is 6.18 Å². The van der Waals surface area contributed by atoms with Crippen LogP contribution >= 0.6 is 0 Å². The van der Waals surface area contributed by atoms with Gasteiger partial charge in [0.15, 0.2) is 0 Å². The number of H-pyrrole nitrogens is 1. The Morgan fingerprint density at radius 2 is 1.97 bits per heavy atom. The summed E-state index contributed by atoms with van der Waals surface area (Å²) in [7, 11) is 0. The lowest BCUT2D eigenvalue weighted by Crippen LogP contribution is -2.38. The smallest absolute Gasteiger partial charge is 0.366 e. The molecule has 4 rings (SSSR count). The minimum absolute atomic E-state index is 0.124. The van der Waals surface area contributed by atoms with Crippen LogP contribution in [-0.2, 0) is 11.0 Å². The second kappa shape index (κ2) is 7.89. The van der Waals surface area contributed by atoms with E-state index in [0.717, 1.165) is 17.5 Å². The van der Waals surface area contributed by atoms with Crippen molar-refractivity contribution in [1.29, 1.82) is 0 Å². The largest absolute Gasteiger partial charge is 0.416 e. The molecule has 0 unspecified atom stereocenters. The summed E-state index contributed by atoms with van der Waals surface area (Å²) < 4.78 is 38.7. The molecule has 1 aliphatic heterocycles. The molecule has 1 fully saturated rings. The molecule has 1 aromatic heterocycles. The van der Waals surface area contributed by atoms with Crippen LogP contribution in [0.15, 0.2) is 42.6 Å². The number of piperidine rings is 1. The van der Waals surface area contributed by atoms with Crippen LogP contribution in [0.5, 0.6) is 0 Å². The number of hydrogen-bond donors (Lipinski definition) is 2. The Morgan fingerprint density at radius 1 is 1.23 bits per heavy atom. The van der Waals surface area contributed by atoms with E-state index >= 15 is 0 Å². The van der Waals surface area contributed by atoms with Crippen molar-refractivity contribution in [3.63, 3.8) is 0 Å². The fraction of sp³-hybridized carbons (Fsp3) is 0.300. The van der Waals surface area contributed by atoms with Gasteiger partial charge in [-0.1, -0.05) is 12.1 Å². The molecule has 0 saturated carbocycles. The summed E-state index contributed by atoms with van der Waals surface area (Å²) in [5, 5.41) is 21.9. The molecule has 0 bridgehead atoms. The van der Waals surface area contributed by atoms with Crippen molar-refractivity contribution in [3.05, 3.63) is 58.3 Å². The van der Waals surface area contributed by atoms with Gasteiger partial charge in [-0.3, -0.25) is 20.0 Å². The van der Waals surface area contributed by atoms with Crippen LogP contribution in [0.1, 0.15) is 18.4 Å². The lowest BCUT2D eigenvalue weighted by molar-refractivity contribution is -0.384. The molecule has 2 aromatic carbocycles. The van der Waals surface area contributed by atoms with E-state index in [1.54, 1.807) is 23.2 Å². The highest BCUT2D eigenvalue weighted by Gasteiger charge is 2.35. The van der Waals surface area contributed by atoms with Crippen LogP contribution in [0.4, 0.5) is 30.2 Å². The average molecular weight is 433 g/mol. The first-order valence-electron chi connectivity index (χ1n) is 9.57. The predicted molar refractivity (Wildman–Crippen MR) is 108 cm³/mol. The number of halogens is 3. The van der Waals surface area contributed by atoms with Crippen molar-refractivity contribution in [2.45, 2.75) is 19.0 Å². The second-order valence-electron chi connectivity index (χ2n) is 7.35. The molecular formula is C20H18F3N5O3. The molecule has 11 heteroatoms. The summed E-state index contributed by atoms with van der Waals surface area (Å²) in [4.78, 5) is 24.9. The minimum Gasteiger partial charge on any atom is -0.366 e. The maximum Gasteiger partial charge on any atom is 0.416 e. The predicted octanol–water partition coefficient (Wildman–Crippen LogP) is 4.35. The van der Waals surface area contributed by atoms with Crippen molar-refractivity contribution in [2.24, 2.45) is 5.92 Å². The number of amides is 1. The quantitative estimate of drug-likeness (QED) is 0.470. The van der Waals surface area contributed by atoms with Gasteiger partial charge in [-0.25, -0.2) is 0 Å². The molecule has 31 heavy (non-hydrogen) atoms. The number of carbonyl (C=O) groups is 1. The van der Waals surface area contributed by atoms with E-state index in [0.29, 0.717) is 43.2 Å². The van der Waals surface area contributed by atoms with Crippen molar-refractivity contribution in [1.82, 2.24) is 10.2 Å². The monoisotopic (exact) mass is 433 g/mol. The number of anilines is 2. The molecule has 2 heterocycles. The number of nitrogens with zero attached hydrogens (tertiary/aromatic N) is 3. The number of alkyl halides is 3. The van der Waals surface area contributed by atoms with E-state index in [1.807, 2.05) is 6.07 Å². The number of aromatic nitrogens is 2. The summed E-state index contributed by atoms with van der Waals surface area (Å²) in [5.74, 6) is -0.494. The van der Waals surface area contributed by atoms with Crippen LogP contribution in [0, 0.1) is 16.0 Å². The molecule has 1 saturated heterocycles. The van der Waals surface area contributed by atoms with Crippen LogP contribution in [0.3, 0.4) is 0 Å². The van der Waals surface area contributed by atoms with Gasteiger partial charge in [-0.15, -0.1) is 0 Å². The average Bonchev–Trinajstić information content (AvgIpc) is 3.22. The van der Waals surface area contributed by atoms with Crippen molar-refractivity contribution < 1.29 is 22.9 Å². The fourth-order valence-electron chi connectivity index (χ4n) is 3.80. The number of benzene rings is 2. The van der Waals surface area contributed by atoms with Gasteiger partial charge in [0.25, 0.3) is 5.69 Å². The molecule has 0 radical (unpaired) electrons. The van der Waals surface area contributed by atoms with Crippen LogP contribution in [0.2, 0.25) is 0 Å². The van der Waals surface area contributed by atoms with Gasteiger partial charge in [0.1, 0.15) is 5.69 Å². The standard InChI is InChI=1S/C20H18F3N5O3/c21-20(22,23)14-4-5-16(17(10-14)28(30)31)27-8-6-12(7-9-27)19(29)25-15-3-1-2-13-11-24-26-18(13)15/h1-5,10-12H,6-9H2,(H,24,26)(H,25,29). The number of para-hydroxylation sites is 1. The van der Waals surface area contributed by atoms with E-state index in [4.69, 9.17) is 0 Å². The normalized spacial score (nSPS) is 15.3. The van der Waals surface area contributed by atoms with Crippen molar-refractivity contribution in [2.75, 3.05) is 23.3 Å². The Hall–Kier alpha value is -3.63. The number of nitrogens with one attached hydrogen (secondary N) is 2. The summed E-state index contributed by atoms with van der Waals surface area (Å²) in [6.07, 6.45) is -2.17. The molecule has 8 nitrogen and oxygen atoms in total. The molecule has 1 aliphatic rings. The third-order valence-electron chi connectivity index (χ3n) is 5.44. The van der Waals surface area contributed by atoms with Gasteiger partial charge in [0.05, 0.1) is 27.9 Å². The Bertz CT molecular complexity index is 1140. The van der Waals surface area contributed by atoms with E-state index < -0.39 is 22.4 Å². The van der Waals surface area contributed by atoms with E-state index in [-0.39, 0.29) is 17.5 Å². The van der Waals surface area contributed by atoms with Crippen LogP contribution in [0.25, 0.3) is 10.9 Å².